The van der Waals surface area contributed by atoms with Crippen molar-refractivity contribution in [2.24, 2.45) is 0 Å². The second-order valence-electron chi connectivity index (χ2n) is 2.81. The fourth-order valence-corrected chi connectivity index (χ4v) is 1.81. The predicted molar refractivity (Wildman–Crippen MR) is 60.1 cm³/mol. The van der Waals surface area contributed by atoms with Gasteiger partial charge < -0.3 is 15.4 Å². The Morgan fingerprint density at radius 3 is 3.00 bits per heavy atom. The van der Waals surface area contributed by atoms with Crippen LogP contribution in [0.2, 0.25) is 0 Å². The molecule has 2 heterocycles. The van der Waals surface area contributed by atoms with E-state index >= 15 is 0 Å². The molecular weight excluding hydrogens is 313 g/mol. The van der Waals surface area contributed by atoms with Gasteiger partial charge in [-0.2, -0.15) is 4.98 Å². The Bertz CT molecular complexity index is 537. The molecule has 0 saturated carbocycles. The van der Waals surface area contributed by atoms with Gasteiger partial charge in [0.1, 0.15) is 15.8 Å². The molecule has 0 atom stereocenters. The summed E-state index contributed by atoms with van der Waals surface area (Å²) in [5.74, 6) is -0.847. The second kappa shape index (κ2) is 3.61. The van der Waals surface area contributed by atoms with Crippen LogP contribution in [-0.2, 0) is 11.3 Å². The van der Waals surface area contributed by atoms with Gasteiger partial charge in [0, 0.05) is 0 Å². The van der Waals surface area contributed by atoms with Gasteiger partial charge in [-0.3, -0.25) is 4.79 Å². The van der Waals surface area contributed by atoms with Crippen molar-refractivity contribution in [2.45, 2.75) is 6.54 Å². The zero-order valence-electron chi connectivity index (χ0n) is 7.38. The summed E-state index contributed by atoms with van der Waals surface area (Å²) in [6.07, 6.45) is 1.41. The van der Waals surface area contributed by atoms with E-state index in [4.69, 9.17) is 10.8 Å². The van der Waals surface area contributed by atoms with Gasteiger partial charge in [0.15, 0.2) is 5.65 Å². The number of nitrogen functional groups attached to an aromatic ring is 1. The largest absolute Gasteiger partial charge is 0.480 e. The Kier molecular flexibility index (Phi) is 2.42. The lowest BCUT2D eigenvalue weighted by Gasteiger charge is -1.99. The number of carboxylic acid groups (broad SMARTS) is 1. The highest BCUT2D eigenvalue weighted by Gasteiger charge is 2.11. The van der Waals surface area contributed by atoms with Crippen molar-refractivity contribution in [1.82, 2.24) is 19.5 Å². The highest BCUT2D eigenvalue weighted by Crippen LogP contribution is 2.16. The average Bonchev–Trinajstić information content (AvgIpc) is 2.48. The third kappa shape index (κ3) is 1.84. The van der Waals surface area contributed by atoms with E-state index in [9.17, 15) is 4.79 Å². The Balaban J connectivity index is 2.63. The summed E-state index contributed by atoms with van der Waals surface area (Å²) in [5.41, 5.74) is 6.47. The van der Waals surface area contributed by atoms with Crippen molar-refractivity contribution in [3.63, 3.8) is 0 Å². The van der Waals surface area contributed by atoms with Crippen LogP contribution in [0, 0.1) is 3.70 Å². The molecule has 0 unspecified atom stereocenters. The lowest BCUT2D eigenvalue weighted by molar-refractivity contribution is -0.137. The third-order valence-electron chi connectivity index (χ3n) is 1.74. The number of anilines is 1. The number of rotatable bonds is 2. The summed E-state index contributed by atoms with van der Waals surface area (Å²) in [5, 5.41) is 8.66. The van der Waals surface area contributed by atoms with E-state index in [1.807, 2.05) is 22.6 Å². The van der Waals surface area contributed by atoms with Crippen LogP contribution in [0.5, 0.6) is 0 Å². The number of carbonyl (C=O) groups is 1. The Hall–Kier alpha value is -1.45. The second-order valence-corrected chi connectivity index (χ2v) is 3.83. The van der Waals surface area contributed by atoms with E-state index in [1.165, 1.54) is 10.9 Å². The van der Waals surface area contributed by atoms with Crippen molar-refractivity contribution in [3.8, 4) is 0 Å². The summed E-state index contributed by atoms with van der Waals surface area (Å²) in [4.78, 5) is 22.5. The molecule has 0 radical (unpaired) electrons. The average molecular weight is 319 g/mol. The van der Waals surface area contributed by atoms with Crippen molar-refractivity contribution < 1.29 is 9.90 Å². The standard InChI is InChI=1S/C7H6IN5O2/c8-5-4-6(12-7(9)11-5)13(2-10-4)1-3(14)15/h2H,1H2,(H,14,15)(H2,9,11,12). The smallest absolute Gasteiger partial charge is 0.323 e. The predicted octanol–water partition coefficient (Wildman–Crippen LogP) is 0.0977. The minimum absolute atomic E-state index is 0.110. The number of aliphatic carboxylic acids is 1. The molecule has 7 nitrogen and oxygen atoms in total. The van der Waals surface area contributed by atoms with Crippen LogP contribution < -0.4 is 5.73 Å². The normalized spacial score (nSPS) is 10.7. The number of aromatic nitrogens is 4. The first kappa shape index (κ1) is 10.1. The first-order valence-electron chi connectivity index (χ1n) is 3.93. The highest BCUT2D eigenvalue weighted by molar-refractivity contribution is 14.1. The van der Waals surface area contributed by atoms with Crippen molar-refractivity contribution in [1.29, 1.82) is 0 Å². The zero-order chi connectivity index (χ0) is 11.0. The van der Waals surface area contributed by atoms with Crippen LogP contribution in [0.1, 0.15) is 0 Å². The molecule has 0 bridgehead atoms. The summed E-state index contributed by atoms with van der Waals surface area (Å²) >= 11 is 1.98. The topological polar surface area (TPSA) is 107 Å². The number of halogens is 1. The fraction of sp³-hybridized carbons (Fsp3) is 0.143. The molecule has 0 aromatic carbocycles. The number of imidazole rings is 1. The minimum atomic E-state index is -0.957. The first-order chi connectivity index (χ1) is 7.08. The molecule has 0 saturated heterocycles. The molecule has 0 aliphatic carbocycles. The van der Waals surface area contributed by atoms with Gasteiger partial charge in [0.05, 0.1) is 6.33 Å². The van der Waals surface area contributed by atoms with Crippen LogP contribution in [0.15, 0.2) is 6.33 Å². The van der Waals surface area contributed by atoms with Crippen LogP contribution >= 0.6 is 22.6 Å². The van der Waals surface area contributed by atoms with E-state index in [1.54, 1.807) is 0 Å². The first-order valence-corrected chi connectivity index (χ1v) is 5.01. The van der Waals surface area contributed by atoms with Crippen LogP contribution in [0.4, 0.5) is 5.95 Å². The number of nitrogens with two attached hydrogens (primary N) is 1. The Morgan fingerprint density at radius 1 is 1.60 bits per heavy atom. The van der Waals surface area contributed by atoms with Gasteiger partial charge in [-0.1, -0.05) is 0 Å². The molecule has 0 fully saturated rings. The quantitative estimate of drug-likeness (QED) is 0.600. The maximum Gasteiger partial charge on any atom is 0.323 e. The van der Waals surface area contributed by atoms with Gasteiger partial charge in [-0.25, -0.2) is 9.97 Å². The van der Waals surface area contributed by atoms with Gasteiger partial charge >= 0.3 is 5.97 Å². The molecule has 2 aromatic rings. The monoisotopic (exact) mass is 319 g/mol. The van der Waals surface area contributed by atoms with E-state index in [-0.39, 0.29) is 12.5 Å². The van der Waals surface area contributed by atoms with Gasteiger partial charge in [0.2, 0.25) is 5.95 Å². The summed E-state index contributed by atoms with van der Waals surface area (Å²) in [7, 11) is 0. The van der Waals surface area contributed by atoms with E-state index < -0.39 is 5.97 Å². The van der Waals surface area contributed by atoms with Crippen molar-refractivity contribution in [3.05, 3.63) is 10.0 Å². The lowest BCUT2D eigenvalue weighted by Crippen LogP contribution is -2.09. The Labute approximate surface area is 97.5 Å². The molecule has 8 heteroatoms. The van der Waals surface area contributed by atoms with Crippen LogP contribution in [0.25, 0.3) is 11.2 Å². The number of carboxylic acids is 1. The number of hydrogen-bond acceptors (Lipinski definition) is 5. The van der Waals surface area contributed by atoms with Crippen LogP contribution in [-0.4, -0.2) is 30.6 Å². The number of nitrogens with zero attached hydrogens (tertiary/aromatic N) is 4. The molecule has 3 N–H and O–H groups in total. The lowest BCUT2D eigenvalue weighted by atomic mass is 10.5. The molecule has 2 aromatic heterocycles. The summed E-state index contributed by atoms with van der Waals surface area (Å²) < 4.78 is 2.02. The SMILES string of the molecule is Nc1nc(I)c2ncn(CC(=O)O)c2n1. The minimum Gasteiger partial charge on any atom is -0.480 e. The third-order valence-corrected chi connectivity index (χ3v) is 2.50. The van der Waals surface area contributed by atoms with Gasteiger partial charge in [-0.15, -0.1) is 0 Å². The van der Waals surface area contributed by atoms with Gasteiger partial charge in [0.25, 0.3) is 0 Å². The maximum absolute atomic E-state index is 10.6. The van der Waals surface area contributed by atoms with E-state index in [2.05, 4.69) is 15.0 Å². The summed E-state index contributed by atoms with van der Waals surface area (Å²) in [6.45, 7) is -0.191. The molecule has 78 valence electrons. The maximum atomic E-state index is 10.6. The number of hydrogen-bond donors (Lipinski definition) is 2. The molecule has 15 heavy (non-hydrogen) atoms. The zero-order valence-corrected chi connectivity index (χ0v) is 9.54. The molecule has 0 spiro atoms. The molecule has 0 aliphatic heterocycles. The molecular formula is C7H6IN5O2. The van der Waals surface area contributed by atoms with Gasteiger partial charge in [-0.05, 0) is 22.6 Å². The van der Waals surface area contributed by atoms with Crippen LogP contribution in [0.3, 0.4) is 0 Å². The number of fused-ring (bicyclic) bond motifs is 1. The fourth-order valence-electron chi connectivity index (χ4n) is 1.19. The molecule has 2 rings (SSSR count). The highest BCUT2D eigenvalue weighted by atomic mass is 127. The molecule has 0 amide bonds. The van der Waals surface area contributed by atoms with Crippen molar-refractivity contribution in [2.75, 3.05) is 5.73 Å². The van der Waals surface area contributed by atoms with E-state index in [0.717, 1.165) is 0 Å². The Morgan fingerprint density at radius 2 is 2.33 bits per heavy atom. The van der Waals surface area contributed by atoms with Crippen molar-refractivity contribution >= 4 is 45.7 Å². The molecule has 0 aliphatic rings. The summed E-state index contributed by atoms with van der Waals surface area (Å²) in [6, 6.07) is 0. The van der Waals surface area contributed by atoms with E-state index in [0.29, 0.717) is 14.9 Å².